The van der Waals surface area contributed by atoms with E-state index >= 15 is 4.39 Å². The number of fused-ring (bicyclic) bond motifs is 3. The van der Waals surface area contributed by atoms with Crippen LogP contribution in [0.5, 0.6) is 0 Å². The second kappa shape index (κ2) is 6.51. The van der Waals surface area contributed by atoms with Gasteiger partial charge in [0.25, 0.3) is 5.91 Å². The van der Waals surface area contributed by atoms with Crippen LogP contribution in [0, 0.1) is 5.82 Å². The van der Waals surface area contributed by atoms with E-state index in [0.717, 1.165) is 25.1 Å². The fourth-order valence-electron chi connectivity index (χ4n) is 5.58. The average molecular weight is 414 g/mol. The monoisotopic (exact) mass is 414 g/mol. The topological polar surface area (TPSA) is 73.0 Å². The highest BCUT2D eigenvalue weighted by Gasteiger charge is 2.48. The maximum atomic E-state index is 15.1. The van der Waals surface area contributed by atoms with E-state index in [1.54, 1.807) is 6.07 Å². The number of benzene rings is 1. The molecule has 2 bridgehead atoms. The zero-order valence-corrected chi connectivity index (χ0v) is 17.6. The largest absolute Gasteiger partial charge is 0.363 e. The van der Waals surface area contributed by atoms with Crippen LogP contribution >= 0.6 is 0 Å². The minimum atomic E-state index is -0.683. The number of hydrogen-bond acceptors (Lipinski definition) is 5. The fraction of sp³-hybridized carbons (Fsp3) is 0.591. The molecule has 3 amide bonds. The van der Waals surface area contributed by atoms with E-state index in [9.17, 15) is 14.4 Å². The van der Waals surface area contributed by atoms with Crippen LogP contribution in [0.25, 0.3) is 0 Å². The predicted molar refractivity (Wildman–Crippen MR) is 108 cm³/mol. The highest BCUT2D eigenvalue weighted by Crippen LogP contribution is 2.41. The lowest BCUT2D eigenvalue weighted by Crippen LogP contribution is -2.53. The van der Waals surface area contributed by atoms with Crippen molar-refractivity contribution in [2.24, 2.45) is 0 Å². The Bertz CT molecular complexity index is 956. The van der Waals surface area contributed by atoms with Gasteiger partial charge in [-0.05, 0) is 51.3 Å². The molecule has 1 aromatic carbocycles. The highest BCUT2D eigenvalue weighted by molar-refractivity contribution is 6.05. The lowest BCUT2D eigenvalue weighted by atomic mass is 10.0. The molecule has 3 fully saturated rings. The number of carbonyl (C=O) groups is 3. The van der Waals surface area contributed by atoms with Crippen molar-refractivity contribution in [1.29, 1.82) is 0 Å². The van der Waals surface area contributed by atoms with Crippen molar-refractivity contribution in [3.8, 4) is 0 Å². The van der Waals surface area contributed by atoms with Crippen molar-refractivity contribution in [3.05, 3.63) is 29.1 Å². The van der Waals surface area contributed by atoms with Gasteiger partial charge in [0.15, 0.2) is 0 Å². The Balaban J connectivity index is 1.38. The summed E-state index contributed by atoms with van der Waals surface area (Å²) in [6, 6.07) is 3.11. The van der Waals surface area contributed by atoms with Crippen molar-refractivity contribution >= 4 is 23.4 Å². The first-order valence-electron chi connectivity index (χ1n) is 10.6. The van der Waals surface area contributed by atoms with Gasteiger partial charge in [0.2, 0.25) is 11.8 Å². The number of piperidine rings is 1. The summed E-state index contributed by atoms with van der Waals surface area (Å²) in [5.41, 5.74) is 1.71. The number of rotatable bonds is 2. The second-order valence-corrected chi connectivity index (χ2v) is 9.88. The molecular weight excluding hydrogens is 387 g/mol. The Hall–Kier alpha value is -2.48. The first-order chi connectivity index (χ1) is 14.1. The van der Waals surface area contributed by atoms with Gasteiger partial charge in [-0.2, -0.15) is 0 Å². The summed E-state index contributed by atoms with van der Waals surface area (Å²) >= 11 is 0. The minimum Gasteiger partial charge on any atom is -0.363 e. The van der Waals surface area contributed by atoms with Crippen LogP contribution in [0.1, 0.15) is 56.0 Å². The molecule has 4 aliphatic heterocycles. The van der Waals surface area contributed by atoms with Gasteiger partial charge >= 0.3 is 0 Å². The van der Waals surface area contributed by atoms with Crippen molar-refractivity contribution in [1.82, 2.24) is 15.1 Å². The van der Waals surface area contributed by atoms with E-state index in [2.05, 4.69) is 35.9 Å². The highest BCUT2D eigenvalue weighted by atomic mass is 19.1. The Labute approximate surface area is 175 Å². The van der Waals surface area contributed by atoms with E-state index < -0.39 is 11.9 Å². The number of nitrogens with one attached hydrogen (secondary N) is 1. The van der Waals surface area contributed by atoms with Gasteiger partial charge < -0.3 is 9.80 Å². The molecule has 0 aromatic heterocycles. The SMILES string of the molecule is CC(C)(C)N1C[C@@H]2C[C@H]1CN2c1cc2c(cc1F)C(=O)N(C1CCC(=O)NC1=O)C2. The molecule has 3 atom stereocenters. The van der Waals surface area contributed by atoms with Gasteiger partial charge in [0.05, 0.1) is 5.69 Å². The smallest absolute Gasteiger partial charge is 0.255 e. The Morgan fingerprint density at radius 2 is 1.83 bits per heavy atom. The molecule has 0 radical (unpaired) electrons. The standard InChI is InChI=1S/C22H27FN4O3/c1-22(2,3)27-11-13-7-14(27)10-25(13)18-6-12-9-26(21(30)15(12)8-16(18)23)17-4-5-19(28)24-20(17)29/h6,8,13-14,17H,4-5,7,9-11H2,1-3H3,(H,24,28,29)/t13-,14-,17?/m0/s1. The summed E-state index contributed by atoms with van der Waals surface area (Å²) in [4.78, 5) is 42.6. The summed E-state index contributed by atoms with van der Waals surface area (Å²) < 4.78 is 15.1. The number of imide groups is 1. The van der Waals surface area contributed by atoms with Crippen LogP contribution in [0.2, 0.25) is 0 Å². The van der Waals surface area contributed by atoms with Gasteiger partial charge in [-0.3, -0.25) is 24.6 Å². The maximum Gasteiger partial charge on any atom is 0.255 e. The predicted octanol–water partition coefficient (Wildman–Crippen LogP) is 1.65. The molecule has 0 saturated carbocycles. The third kappa shape index (κ3) is 2.92. The number of amides is 3. The molecule has 4 heterocycles. The number of piperazine rings is 1. The maximum absolute atomic E-state index is 15.1. The number of likely N-dealkylation sites (tertiary alicyclic amines) is 1. The fourth-order valence-corrected chi connectivity index (χ4v) is 5.58. The number of anilines is 1. The van der Waals surface area contributed by atoms with Crippen LogP contribution in [0.3, 0.4) is 0 Å². The third-order valence-electron chi connectivity index (χ3n) is 7.00. The number of hydrogen-bond donors (Lipinski definition) is 1. The minimum absolute atomic E-state index is 0.0941. The molecule has 3 saturated heterocycles. The summed E-state index contributed by atoms with van der Waals surface area (Å²) in [5.74, 6) is -1.50. The first-order valence-corrected chi connectivity index (χ1v) is 10.6. The number of carbonyl (C=O) groups excluding carboxylic acids is 3. The molecule has 4 aliphatic rings. The Morgan fingerprint density at radius 3 is 2.47 bits per heavy atom. The van der Waals surface area contributed by atoms with Gasteiger partial charge in [-0.25, -0.2) is 4.39 Å². The molecule has 5 rings (SSSR count). The van der Waals surface area contributed by atoms with E-state index in [1.807, 2.05) is 0 Å². The molecule has 0 spiro atoms. The first kappa shape index (κ1) is 19.5. The normalized spacial score (nSPS) is 29.1. The van der Waals surface area contributed by atoms with Crippen molar-refractivity contribution < 1.29 is 18.8 Å². The van der Waals surface area contributed by atoms with Crippen LogP contribution in [-0.4, -0.2) is 64.3 Å². The van der Waals surface area contributed by atoms with Crippen LogP contribution < -0.4 is 10.2 Å². The zero-order chi connectivity index (χ0) is 21.4. The Morgan fingerprint density at radius 1 is 1.07 bits per heavy atom. The van der Waals surface area contributed by atoms with Gasteiger partial charge in [-0.1, -0.05) is 0 Å². The molecule has 7 nitrogen and oxygen atoms in total. The van der Waals surface area contributed by atoms with Crippen molar-refractivity contribution in [2.45, 2.75) is 70.2 Å². The number of halogens is 1. The molecule has 1 N–H and O–H groups in total. The van der Waals surface area contributed by atoms with E-state index in [0.29, 0.717) is 23.7 Å². The number of nitrogens with zero attached hydrogens (tertiary/aromatic N) is 3. The summed E-state index contributed by atoms with van der Waals surface area (Å²) in [6.45, 7) is 8.59. The quantitative estimate of drug-likeness (QED) is 0.745. The van der Waals surface area contributed by atoms with Crippen molar-refractivity contribution in [2.75, 3.05) is 18.0 Å². The molecule has 1 unspecified atom stereocenters. The van der Waals surface area contributed by atoms with Crippen LogP contribution in [-0.2, 0) is 16.1 Å². The molecule has 160 valence electrons. The zero-order valence-electron chi connectivity index (χ0n) is 17.6. The molecule has 8 heteroatoms. The molecule has 0 aliphatic carbocycles. The van der Waals surface area contributed by atoms with E-state index in [1.165, 1.54) is 11.0 Å². The molecular formula is C22H27FN4O3. The van der Waals surface area contributed by atoms with Crippen molar-refractivity contribution in [3.63, 3.8) is 0 Å². The van der Waals surface area contributed by atoms with Gasteiger partial charge in [0.1, 0.15) is 11.9 Å². The average Bonchev–Trinajstić information content (AvgIpc) is 3.34. The van der Waals surface area contributed by atoms with E-state index in [4.69, 9.17) is 0 Å². The summed E-state index contributed by atoms with van der Waals surface area (Å²) in [5, 5.41) is 2.30. The molecule has 1 aromatic rings. The van der Waals surface area contributed by atoms with Gasteiger partial charge in [0, 0.05) is 49.2 Å². The summed E-state index contributed by atoms with van der Waals surface area (Å²) in [7, 11) is 0. The van der Waals surface area contributed by atoms with Crippen LogP contribution in [0.15, 0.2) is 12.1 Å². The third-order valence-corrected chi connectivity index (χ3v) is 7.00. The Kier molecular flexibility index (Phi) is 4.23. The van der Waals surface area contributed by atoms with Gasteiger partial charge in [-0.15, -0.1) is 0 Å². The molecule has 30 heavy (non-hydrogen) atoms. The van der Waals surface area contributed by atoms with E-state index in [-0.39, 0.29) is 42.2 Å². The lowest BCUT2D eigenvalue weighted by Gasteiger charge is -2.42. The lowest BCUT2D eigenvalue weighted by molar-refractivity contribution is -0.136. The van der Waals surface area contributed by atoms with Crippen LogP contribution in [0.4, 0.5) is 10.1 Å². The summed E-state index contributed by atoms with van der Waals surface area (Å²) in [6.07, 6.45) is 1.53. The second-order valence-electron chi connectivity index (χ2n) is 9.88.